The van der Waals surface area contributed by atoms with Gasteiger partial charge in [0, 0.05) is 25.4 Å². The lowest BCUT2D eigenvalue weighted by Crippen LogP contribution is -2.29. The smallest absolute Gasteiger partial charge is 0.273 e. The van der Waals surface area contributed by atoms with Crippen molar-refractivity contribution in [3.63, 3.8) is 0 Å². The van der Waals surface area contributed by atoms with Crippen molar-refractivity contribution in [1.29, 1.82) is 0 Å². The van der Waals surface area contributed by atoms with Gasteiger partial charge in [-0.25, -0.2) is 9.37 Å². The standard InChI is InChI=1S/C15H18FN3OS/c1-19(9-7-11-2-4-12(16)5-3-11)15(20)13-10-21-14(18-13)6-8-17/h2-5,10H,6-9,17H2,1H3. The Morgan fingerprint density at radius 1 is 1.33 bits per heavy atom. The number of benzene rings is 1. The van der Waals surface area contributed by atoms with Gasteiger partial charge >= 0.3 is 0 Å². The number of halogens is 1. The summed E-state index contributed by atoms with van der Waals surface area (Å²) in [6.45, 7) is 1.09. The molecule has 2 aromatic rings. The topological polar surface area (TPSA) is 59.2 Å². The molecule has 0 saturated carbocycles. The van der Waals surface area contributed by atoms with E-state index in [1.54, 1.807) is 29.5 Å². The Balaban J connectivity index is 1.91. The minimum atomic E-state index is -0.252. The first kappa shape index (κ1) is 15.6. The van der Waals surface area contributed by atoms with Gasteiger partial charge in [0.1, 0.15) is 11.5 Å². The highest BCUT2D eigenvalue weighted by Crippen LogP contribution is 2.12. The number of hydrogen-bond acceptors (Lipinski definition) is 4. The van der Waals surface area contributed by atoms with E-state index in [-0.39, 0.29) is 11.7 Å². The average molecular weight is 307 g/mol. The largest absolute Gasteiger partial charge is 0.340 e. The second kappa shape index (κ2) is 7.28. The van der Waals surface area contributed by atoms with Crippen LogP contribution in [0.25, 0.3) is 0 Å². The third-order valence-electron chi connectivity index (χ3n) is 3.12. The van der Waals surface area contributed by atoms with Crippen LogP contribution < -0.4 is 5.73 Å². The second-order valence-electron chi connectivity index (χ2n) is 4.77. The molecular formula is C15H18FN3OS. The van der Waals surface area contributed by atoms with Crippen LogP contribution in [0.15, 0.2) is 29.6 Å². The molecule has 1 amide bonds. The Hall–Kier alpha value is -1.79. The Morgan fingerprint density at radius 2 is 2.05 bits per heavy atom. The molecule has 2 N–H and O–H groups in total. The van der Waals surface area contributed by atoms with Gasteiger partial charge in [0.15, 0.2) is 0 Å². The predicted molar refractivity (Wildman–Crippen MR) is 81.9 cm³/mol. The summed E-state index contributed by atoms with van der Waals surface area (Å²) in [6, 6.07) is 6.32. The summed E-state index contributed by atoms with van der Waals surface area (Å²) in [4.78, 5) is 18.1. The first-order valence-electron chi connectivity index (χ1n) is 6.74. The predicted octanol–water partition coefficient (Wildman–Crippen LogP) is 2.10. The number of thiazole rings is 1. The van der Waals surface area contributed by atoms with Gasteiger partial charge < -0.3 is 10.6 Å². The van der Waals surface area contributed by atoms with Gasteiger partial charge in [0.25, 0.3) is 5.91 Å². The number of likely N-dealkylation sites (N-methyl/N-ethyl adjacent to an activating group) is 1. The van der Waals surface area contributed by atoms with Gasteiger partial charge in [0.05, 0.1) is 5.01 Å². The van der Waals surface area contributed by atoms with E-state index in [1.807, 2.05) is 0 Å². The Kier molecular flexibility index (Phi) is 5.41. The van der Waals surface area contributed by atoms with E-state index in [0.717, 1.165) is 10.6 Å². The van der Waals surface area contributed by atoms with Gasteiger partial charge in [-0.1, -0.05) is 12.1 Å². The molecule has 0 aliphatic rings. The molecule has 0 spiro atoms. The van der Waals surface area contributed by atoms with Crippen LogP contribution in [0.1, 0.15) is 21.1 Å². The maximum Gasteiger partial charge on any atom is 0.273 e. The number of aromatic nitrogens is 1. The van der Waals surface area contributed by atoms with Crippen LogP contribution in [-0.4, -0.2) is 35.9 Å². The minimum Gasteiger partial charge on any atom is -0.340 e. The molecule has 112 valence electrons. The maximum atomic E-state index is 12.8. The molecule has 0 fully saturated rings. The van der Waals surface area contributed by atoms with Crippen molar-refractivity contribution in [2.75, 3.05) is 20.1 Å². The molecule has 1 aromatic heterocycles. The summed E-state index contributed by atoms with van der Waals surface area (Å²) in [7, 11) is 1.74. The van der Waals surface area contributed by atoms with Crippen LogP contribution in [0.3, 0.4) is 0 Å². The highest BCUT2D eigenvalue weighted by molar-refractivity contribution is 7.09. The minimum absolute atomic E-state index is 0.100. The van der Waals surface area contributed by atoms with Gasteiger partial charge in [-0.05, 0) is 30.7 Å². The van der Waals surface area contributed by atoms with Gasteiger partial charge in [-0.15, -0.1) is 11.3 Å². The third-order valence-corrected chi connectivity index (χ3v) is 4.03. The first-order valence-corrected chi connectivity index (χ1v) is 7.62. The summed E-state index contributed by atoms with van der Waals surface area (Å²) in [6.07, 6.45) is 1.37. The molecule has 0 unspecified atom stereocenters. The van der Waals surface area contributed by atoms with E-state index in [1.165, 1.54) is 23.5 Å². The second-order valence-corrected chi connectivity index (χ2v) is 5.71. The van der Waals surface area contributed by atoms with Crippen molar-refractivity contribution >= 4 is 17.2 Å². The lowest BCUT2D eigenvalue weighted by Gasteiger charge is -2.15. The molecule has 0 radical (unpaired) electrons. The van der Waals surface area contributed by atoms with Crippen LogP contribution in [0.2, 0.25) is 0 Å². The number of nitrogens with zero attached hydrogens (tertiary/aromatic N) is 2. The number of carbonyl (C=O) groups excluding carboxylic acids is 1. The molecule has 0 aliphatic carbocycles. The Labute approximate surface area is 127 Å². The number of rotatable bonds is 6. The maximum absolute atomic E-state index is 12.8. The van der Waals surface area contributed by atoms with Crippen LogP contribution in [0.4, 0.5) is 4.39 Å². The zero-order chi connectivity index (χ0) is 15.2. The van der Waals surface area contributed by atoms with E-state index in [4.69, 9.17) is 5.73 Å². The zero-order valence-corrected chi connectivity index (χ0v) is 12.7. The van der Waals surface area contributed by atoms with Crippen LogP contribution in [-0.2, 0) is 12.8 Å². The van der Waals surface area contributed by atoms with E-state index in [0.29, 0.717) is 31.6 Å². The monoisotopic (exact) mass is 307 g/mol. The Bertz CT molecular complexity index is 597. The summed E-state index contributed by atoms with van der Waals surface area (Å²) in [5.74, 6) is -0.352. The fraction of sp³-hybridized carbons (Fsp3) is 0.333. The van der Waals surface area contributed by atoms with Crippen molar-refractivity contribution in [2.24, 2.45) is 5.73 Å². The highest BCUT2D eigenvalue weighted by atomic mass is 32.1. The first-order chi connectivity index (χ1) is 10.1. The summed E-state index contributed by atoms with van der Waals surface area (Å²) < 4.78 is 12.8. The summed E-state index contributed by atoms with van der Waals surface area (Å²) >= 11 is 1.46. The van der Waals surface area contributed by atoms with Crippen LogP contribution in [0.5, 0.6) is 0 Å². The molecule has 0 atom stereocenters. The molecule has 4 nitrogen and oxygen atoms in total. The molecule has 0 aliphatic heterocycles. The van der Waals surface area contributed by atoms with Crippen molar-refractivity contribution in [2.45, 2.75) is 12.8 Å². The Morgan fingerprint density at radius 3 is 2.71 bits per heavy atom. The van der Waals surface area contributed by atoms with Crippen LogP contribution >= 0.6 is 11.3 Å². The summed E-state index contributed by atoms with van der Waals surface area (Å²) in [5.41, 5.74) is 6.93. The molecule has 2 rings (SSSR count). The molecule has 1 heterocycles. The molecule has 0 bridgehead atoms. The van der Waals surface area contributed by atoms with Gasteiger partial charge in [0.2, 0.25) is 0 Å². The number of amides is 1. The molecule has 21 heavy (non-hydrogen) atoms. The van der Waals surface area contributed by atoms with E-state index in [2.05, 4.69) is 4.98 Å². The quantitative estimate of drug-likeness (QED) is 0.889. The lowest BCUT2D eigenvalue weighted by molar-refractivity contribution is 0.0791. The van der Waals surface area contributed by atoms with E-state index < -0.39 is 0 Å². The zero-order valence-electron chi connectivity index (χ0n) is 11.9. The molecule has 0 saturated heterocycles. The fourth-order valence-corrected chi connectivity index (χ4v) is 2.68. The van der Waals surface area contributed by atoms with Gasteiger partial charge in [-0.3, -0.25) is 4.79 Å². The number of nitrogens with two attached hydrogens (primary N) is 1. The van der Waals surface area contributed by atoms with Gasteiger partial charge in [-0.2, -0.15) is 0 Å². The van der Waals surface area contributed by atoms with E-state index >= 15 is 0 Å². The SMILES string of the molecule is CN(CCc1ccc(F)cc1)C(=O)c1csc(CCN)n1. The van der Waals surface area contributed by atoms with E-state index in [9.17, 15) is 9.18 Å². The van der Waals surface area contributed by atoms with Crippen molar-refractivity contribution in [3.05, 3.63) is 51.7 Å². The summed E-state index contributed by atoms with van der Waals surface area (Å²) in [5, 5.41) is 2.65. The number of hydrogen-bond donors (Lipinski definition) is 1. The van der Waals surface area contributed by atoms with Crippen molar-refractivity contribution in [1.82, 2.24) is 9.88 Å². The third kappa shape index (κ3) is 4.34. The normalized spacial score (nSPS) is 10.6. The molecule has 1 aromatic carbocycles. The number of carbonyl (C=O) groups is 1. The molecule has 6 heteroatoms. The van der Waals surface area contributed by atoms with Crippen molar-refractivity contribution < 1.29 is 9.18 Å². The average Bonchev–Trinajstić information content (AvgIpc) is 2.94. The lowest BCUT2D eigenvalue weighted by atomic mass is 10.1. The van der Waals surface area contributed by atoms with Crippen molar-refractivity contribution in [3.8, 4) is 0 Å². The van der Waals surface area contributed by atoms with Crippen LogP contribution in [0, 0.1) is 5.82 Å². The fourth-order valence-electron chi connectivity index (χ4n) is 1.89. The highest BCUT2D eigenvalue weighted by Gasteiger charge is 2.15. The molecular weight excluding hydrogens is 289 g/mol.